The van der Waals surface area contributed by atoms with Gasteiger partial charge in [0.1, 0.15) is 18.1 Å². The Morgan fingerprint density at radius 1 is 1.10 bits per heavy atom. The minimum absolute atomic E-state index is 0.140. The van der Waals surface area contributed by atoms with Crippen molar-refractivity contribution < 1.29 is 22.8 Å². The van der Waals surface area contributed by atoms with Crippen LogP contribution in [0.3, 0.4) is 0 Å². The van der Waals surface area contributed by atoms with Crippen molar-refractivity contribution in [2.75, 3.05) is 5.32 Å². The number of fused-ring (bicyclic) bond motifs is 4. The Balaban J connectivity index is 1.16. The van der Waals surface area contributed by atoms with Crippen molar-refractivity contribution in [2.45, 2.75) is 55.8 Å². The van der Waals surface area contributed by atoms with Crippen LogP contribution in [-0.4, -0.2) is 42.7 Å². The molecule has 0 saturated carbocycles. The molecule has 4 aromatic rings. The molecule has 1 unspecified atom stereocenters. The maximum absolute atomic E-state index is 13.5. The Morgan fingerprint density at radius 2 is 1.93 bits per heavy atom. The summed E-state index contributed by atoms with van der Waals surface area (Å²) in [5.41, 5.74) is 2.80. The fourth-order valence-electron chi connectivity index (χ4n) is 6.37. The van der Waals surface area contributed by atoms with Crippen LogP contribution in [0.2, 0.25) is 0 Å². The van der Waals surface area contributed by atoms with Gasteiger partial charge in [0.2, 0.25) is 5.91 Å². The molecule has 12 heteroatoms. The van der Waals surface area contributed by atoms with Crippen LogP contribution >= 0.6 is 0 Å². The second-order valence-electron chi connectivity index (χ2n) is 10.9. The van der Waals surface area contributed by atoms with Gasteiger partial charge in [-0.25, -0.2) is 4.98 Å². The van der Waals surface area contributed by atoms with Crippen LogP contribution in [-0.2, 0) is 36.0 Å². The molecule has 3 aliphatic rings. The van der Waals surface area contributed by atoms with Crippen molar-refractivity contribution in [1.82, 2.24) is 30.0 Å². The SMILES string of the molecule is O=C(N[C@H]1C[C@@H](c2ccccc2)Cn2c(CC(F)(F)F)nnc21)c1cnc2c(c1)CC1(C2)C(=O)Nc2ncccc21. The summed E-state index contributed by atoms with van der Waals surface area (Å²) >= 11 is 0. The first-order chi connectivity index (χ1) is 19.7. The molecule has 2 N–H and O–H groups in total. The Labute approximate surface area is 232 Å². The monoisotopic (exact) mass is 559 g/mol. The number of pyridine rings is 2. The number of amides is 2. The topological polar surface area (TPSA) is 115 Å². The standard InChI is InChI=1S/C29H24F3N7O2/c30-29(31,32)13-23-37-38-25-21(10-19(15-39(23)25)16-5-2-1-3-6-16)35-26(40)18-9-17-11-28(12-22(17)34-14-18)20-7-4-8-33-24(20)36-27(28)41/h1-9,14,19,21H,10-13,15H2,(H,35,40)(H,33,36,41)/t19-,21+,28?/m1/s1. The van der Waals surface area contributed by atoms with Gasteiger partial charge >= 0.3 is 6.18 Å². The van der Waals surface area contributed by atoms with Crippen LogP contribution in [0.5, 0.6) is 0 Å². The predicted octanol–water partition coefficient (Wildman–Crippen LogP) is 3.82. The molecule has 2 amide bonds. The Bertz CT molecular complexity index is 1690. The van der Waals surface area contributed by atoms with Gasteiger partial charge in [0.05, 0.1) is 17.0 Å². The largest absolute Gasteiger partial charge is 0.396 e. The first kappa shape index (κ1) is 25.4. The summed E-state index contributed by atoms with van der Waals surface area (Å²) in [6.45, 7) is 0.283. The Morgan fingerprint density at radius 3 is 2.73 bits per heavy atom. The number of hydrogen-bond acceptors (Lipinski definition) is 6. The van der Waals surface area contributed by atoms with Crippen molar-refractivity contribution in [2.24, 2.45) is 0 Å². The molecule has 208 valence electrons. The molecule has 0 fully saturated rings. The number of halogens is 3. The van der Waals surface area contributed by atoms with Gasteiger partial charge in [0, 0.05) is 42.5 Å². The summed E-state index contributed by atoms with van der Waals surface area (Å²) in [5.74, 6) is -0.0543. The number of nitrogens with zero attached hydrogens (tertiary/aromatic N) is 5. The Hall–Kier alpha value is -4.61. The maximum atomic E-state index is 13.5. The van der Waals surface area contributed by atoms with Crippen LogP contribution in [0.15, 0.2) is 60.9 Å². The molecule has 3 atom stereocenters. The lowest BCUT2D eigenvalue weighted by molar-refractivity contribution is -0.129. The average Bonchev–Trinajstić information content (AvgIpc) is 3.62. The molecule has 1 aromatic carbocycles. The highest BCUT2D eigenvalue weighted by atomic mass is 19.4. The van der Waals surface area contributed by atoms with Gasteiger partial charge in [0.15, 0.2) is 5.82 Å². The third kappa shape index (κ3) is 4.34. The van der Waals surface area contributed by atoms with Gasteiger partial charge < -0.3 is 15.2 Å². The summed E-state index contributed by atoms with van der Waals surface area (Å²) in [6, 6.07) is 14.2. The van der Waals surface area contributed by atoms with E-state index in [1.54, 1.807) is 18.3 Å². The molecular weight excluding hydrogens is 535 g/mol. The first-order valence-corrected chi connectivity index (χ1v) is 13.3. The number of hydrogen-bond donors (Lipinski definition) is 2. The molecule has 5 heterocycles. The van der Waals surface area contributed by atoms with Crippen molar-refractivity contribution in [3.05, 3.63) is 101 Å². The molecular formula is C29H24F3N7O2. The zero-order chi connectivity index (χ0) is 28.4. The zero-order valence-electron chi connectivity index (χ0n) is 21.7. The normalized spacial score (nSPS) is 22.7. The fourth-order valence-corrected chi connectivity index (χ4v) is 6.37. The van der Waals surface area contributed by atoms with Crippen LogP contribution in [0.1, 0.15) is 62.8 Å². The third-order valence-electron chi connectivity index (χ3n) is 8.30. The Kier molecular flexibility index (Phi) is 5.70. The fraction of sp³-hybridized carbons (Fsp3) is 0.310. The molecule has 0 bridgehead atoms. The number of anilines is 1. The maximum Gasteiger partial charge on any atom is 0.396 e. The van der Waals surface area contributed by atoms with Crippen molar-refractivity contribution in [3.63, 3.8) is 0 Å². The molecule has 7 rings (SSSR count). The smallest absolute Gasteiger partial charge is 0.342 e. The van der Waals surface area contributed by atoms with Gasteiger partial charge in [0.25, 0.3) is 5.91 Å². The molecule has 0 saturated heterocycles. The summed E-state index contributed by atoms with van der Waals surface area (Å²) in [4.78, 5) is 35.3. The molecule has 2 aliphatic heterocycles. The zero-order valence-corrected chi connectivity index (χ0v) is 21.7. The number of alkyl halides is 3. The number of nitrogens with one attached hydrogen (secondary N) is 2. The minimum atomic E-state index is -4.44. The summed E-state index contributed by atoms with van der Waals surface area (Å²) in [6.07, 6.45) is -1.31. The molecule has 9 nitrogen and oxygen atoms in total. The van der Waals surface area contributed by atoms with Gasteiger partial charge in [-0.1, -0.05) is 36.4 Å². The minimum Gasteiger partial charge on any atom is -0.342 e. The van der Waals surface area contributed by atoms with E-state index in [0.29, 0.717) is 36.5 Å². The second-order valence-corrected chi connectivity index (χ2v) is 10.9. The van der Waals surface area contributed by atoms with Crippen molar-refractivity contribution >= 4 is 17.6 Å². The van der Waals surface area contributed by atoms with E-state index >= 15 is 0 Å². The van der Waals surface area contributed by atoms with E-state index in [9.17, 15) is 22.8 Å². The summed E-state index contributed by atoms with van der Waals surface area (Å²) < 4.78 is 41.3. The number of aromatic nitrogens is 5. The van der Waals surface area contributed by atoms with Gasteiger partial charge in [-0.2, -0.15) is 13.2 Å². The van der Waals surface area contributed by atoms with Crippen molar-refractivity contribution in [3.8, 4) is 0 Å². The third-order valence-corrected chi connectivity index (χ3v) is 8.30. The quantitative estimate of drug-likeness (QED) is 0.393. The number of carbonyl (C=O) groups excluding carboxylic acids is 2. The van der Waals surface area contributed by atoms with E-state index in [2.05, 4.69) is 30.8 Å². The van der Waals surface area contributed by atoms with Crippen LogP contribution < -0.4 is 10.6 Å². The predicted molar refractivity (Wildman–Crippen MR) is 140 cm³/mol. The summed E-state index contributed by atoms with van der Waals surface area (Å²) in [5, 5.41) is 13.7. The van der Waals surface area contributed by atoms with Crippen LogP contribution in [0.4, 0.5) is 19.0 Å². The van der Waals surface area contributed by atoms with Crippen LogP contribution in [0, 0.1) is 0 Å². The number of rotatable bonds is 4. The lowest BCUT2D eigenvalue weighted by Gasteiger charge is -2.31. The van der Waals surface area contributed by atoms with Gasteiger partial charge in [-0.3, -0.25) is 14.6 Å². The molecule has 1 spiro atoms. The van der Waals surface area contributed by atoms with E-state index in [0.717, 1.165) is 22.4 Å². The van der Waals surface area contributed by atoms with E-state index in [1.807, 2.05) is 36.4 Å². The first-order valence-electron chi connectivity index (χ1n) is 13.3. The van der Waals surface area contributed by atoms with E-state index in [1.165, 1.54) is 10.8 Å². The van der Waals surface area contributed by atoms with Gasteiger partial charge in [-0.15, -0.1) is 10.2 Å². The molecule has 3 aromatic heterocycles. The van der Waals surface area contributed by atoms with E-state index < -0.39 is 30.0 Å². The van der Waals surface area contributed by atoms with Crippen LogP contribution in [0.25, 0.3) is 0 Å². The number of carbonyl (C=O) groups is 2. The summed E-state index contributed by atoms with van der Waals surface area (Å²) in [7, 11) is 0. The molecule has 1 aliphatic carbocycles. The lowest BCUT2D eigenvalue weighted by atomic mass is 9.80. The average molecular weight is 560 g/mol. The number of benzene rings is 1. The van der Waals surface area contributed by atoms with Gasteiger partial charge in [-0.05, 0) is 36.1 Å². The highest BCUT2D eigenvalue weighted by molar-refractivity contribution is 6.06. The molecule has 41 heavy (non-hydrogen) atoms. The van der Waals surface area contributed by atoms with Crippen molar-refractivity contribution in [1.29, 1.82) is 0 Å². The van der Waals surface area contributed by atoms with E-state index in [4.69, 9.17) is 0 Å². The molecule has 0 radical (unpaired) electrons. The van der Waals surface area contributed by atoms with E-state index in [-0.39, 0.29) is 24.2 Å². The highest BCUT2D eigenvalue weighted by Gasteiger charge is 2.51. The lowest BCUT2D eigenvalue weighted by Crippen LogP contribution is -2.36. The highest BCUT2D eigenvalue weighted by Crippen LogP contribution is 2.46. The second kappa shape index (κ2) is 9.22.